The lowest BCUT2D eigenvalue weighted by Gasteiger charge is -2.12. The van der Waals surface area contributed by atoms with Crippen molar-refractivity contribution in [2.75, 3.05) is 18.9 Å². The van der Waals surface area contributed by atoms with Crippen LogP contribution in [0.25, 0.3) is 0 Å². The summed E-state index contributed by atoms with van der Waals surface area (Å²) in [6.07, 6.45) is 4.86. The Labute approximate surface area is 128 Å². The van der Waals surface area contributed by atoms with Gasteiger partial charge >= 0.3 is 0 Å². The third-order valence-electron chi connectivity index (χ3n) is 3.30. The van der Waals surface area contributed by atoms with E-state index in [2.05, 4.69) is 20.7 Å². The van der Waals surface area contributed by atoms with Gasteiger partial charge in [-0.3, -0.25) is 0 Å². The van der Waals surface area contributed by atoms with Crippen LogP contribution in [0.1, 0.15) is 25.7 Å². The number of hydrogen-bond acceptors (Lipinski definition) is 4. The van der Waals surface area contributed by atoms with Crippen LogP contribution in [0, 0.1) is 0 Å². The van der Waals surface area contributed by atoms with E-state index in [1.165, 1.54) is 18.9 Å². The highest BCUT2D eigenvalue weighted by molar-refractivity contribution is 9.10. The molecule has 20 heavy (non-hydrogen) atoms. The molecule has 0 amide bonds. The number of nitrogens with one attached hydrogen (secondary N) is 1. The lowest BCUT2D eigenvalue weighted by atomic mass is 10.3. The number of sulfonamides is 1. The molecule has 112 valence electrons. The summed E-state index contributed by atoms with van der Waals surface area (Å²) in [5.41, 5.74) is 6.11. The van der Waals surface area contributed by atoms with Crippen molar-refractivity contribution >= 4 is 31.6 Å². The number of hydrogen-bond donors (Lipinski definition) is 2. The SMILES string of the molecule is Nc1ccc(S(=O)(=O)NCCOC2CCCC2)c(Br)c1. The molecule has 2 rings (SSSR count). The molecule has 1 aliphatic carbocycles. The van der Waals surface area contributed by atoms with Gasteiger partial charge in [0.25, 0.3) is 0 Å². The Morgan fingerprint density at radius 3 is 2.70 bits per heavy atom. The van der Waals surface area contributed by atoms with E-state index in [0.29, 0.717) is 22.9 Å². The molecule has 7 heteroatoms. The van der Waals surface area contributed by atoms with Gasteiger partial charge < -0.3 is 10.5 Å². The smallest absolute Gasteiger partial charge is 0.241 e. The fourth-order valence-electron chi connectivity index (χ4n) is 2.27. The van der Waals surface area contributed by atoms with Gasteiger partial charge in [-0.05, 0) is 47.0 Å². The highest BCUT2D eigenvalue weighted by atomic mass is 79.9. The van der Waals surface area contributed by atoms with Crippen LogP contribution in [-0.2, 0) is 14.8 Å². The average molecular weight is 363 g/mol. The first-order valence-corrected chi connectivity index (χ1v) is 8.93. The number of halogens is 1. The van der Waals surface area contributed by atoms with Crippen molar-refractivity contribution < 1.29 is 13.2 Å². The Morgan fingerprint density at radius 1 is 1.35 bits per heavy atom. The summed E-state index contributed by atoms with van der Waals surface area (Å²) in [6.45, 7) is 0.673. The standard InChI is InChI=1S/C13H19BrN2O3S/c14-12-9-10(15)5-6-13(12)20(17,18)16-7-8-19-11-3-1-2-4-11/h5-6,9,11,16H,1-4,7-8,15H2. The van der Waals surface area contributed by atoms with Gasteiger partial charge in [0.1, 0.15) is 0 Å². The Hall–Kier alpha value is -0.630. The fraction of sp³-hybridized carbons (Fsp3) is 0.538. The Morgan fingerprint density at radius 2 is 2.05 bits per heavy atom. The molecule has 0 radical (unpaired) electrons. The van der Waals surface area contributed by atoms with Crippen LogP contribution in [-0.4, -0.2) is 27.7 Å². The molecule has 0 aromatic heterocycles. The number of nitrogens with two attached hydrogens (primary N) is 1. The average Bonchev–Trinajstić information content (AvgIpc) is 2.87. The highest BCUT2D eigenvalue weighted by Gasteiger charge is 2.18. The van der Waals surface area contributed by atoms with Gasteiger partial charge in [-0.15, -0.1) is 0 Å². The molecule has 1 aromatic carbocycles. The largest absolute Gasteiger partial charge is 0.399 e. The molecule has 5 nitrogen and oxygen atoms in total. The van der Waals surface area contributed by atoms with Crippen LogP contribution in [0.15, 0.2) is 27.6 Å². The van der Waals surface area contributed by atoms with E-state index in [4.69, 9.17) is 10.5 Å². The maximum atomic E-state index is 12.1. The molecular formula is C13H19BrN2O3S. The van der Waals surface area contributed by atoms with Crippen molar-refractivity contribution in [1.29, 1.82) is 0 Å². The van der Waals surface area contributed by atoms with Crippen molar-refractivity contribution in [2.24, 2.45) is 0 Å². The Bertz CT molecular complexity index is 557. The van der Waals surface area contributed by atoms with Gasteiger partial charge in [-0.1, -0.05) is 12.8 Å². The summed E-state index contributed by atoms with van der Waals surface area (Å²) in [7, 11) is -3.54. The minimum Gasteiger partial charge on any atom is -0.399 e. The van der Waals surface area contributed by atoms with Gasteiger partial charge in [0, 0.05) is 16.7 Å². The van der Waals surface area contributed by atoms with Crippen molar-refractivity contribution in [1.82, 2.24) is 4.72 Å². The summed E-state index contributed by atoms with van der Waals surface area (Å²) < 4.78 is 32.9. The minimum atomic E-state index is -3.54. The molecular weight excluding hydrogens is 344 g/mol. The molecule has 0 saturated heterocycles. The quantitative estimate of drug-likeness (QED) is 0.600. The van der Waals surface area contributed by atoms with Crippen molar-refractivity contribution in [3.05, 3.63) is 22.7 Å². The summed E-state index contributed by atoms with van der Waals surface area (Å²) in [6, 6.07) is 4.62. The lowest BCUT2D eigenvalue weighted by molar-refractivity contribution is 0.0626. The molecule has 1 aliphatic rings. The Kier molecular flexibility index (Phi) is 5.42. The molecule has 0 bridgehead atoms. The topological polar surface area (TPSA) is 81.4 Å². The van der Waals surface area contributed by atoms with E-state index in [-0.39, 0.29) is 11.4 Å². The van der Waals surface area contributed by atoms with Gasteiger partial charge in [-0.25, -0.2) is 13.1 Å². The summed E-state index contributed by atoms with van der Waals surface area (Å²) in [5.74, 6) is 0. The van der Waals surface area contributed by atoms with Crippen molar-refractivity contribution in [2.45, 2.75) is 36.7 Å². The number of benzene rings is 1. The highest BCUT2D eigenvalue weighted by Crippen LogP contribution is 2.24. The third-order valence-corrected chi connectivity index (χ3v) is 5.73. The number of nitrogen functional groups attached to an aromatic ring is 1. The first-order chi connectivity index (χ1) is 9.49. The van der Waals surface area contributed by atoms with Gasteiger partial charge in [0.2, 0.25) is 10.0 Å². The van der Waals surface area contributed by atoms with Gasteiger partial charge in [-0.2, -0.15) is 0 Å². The monoisotopic (exact) mass is 362 g/mol. The maximum absolute atomic E-state index is 12.1. The van der Waals surface area contributed by atoms with E-state index < -0.39 is 10.0 Å². The summed E-state index contributed by atoms with van der Waals surface area (Å²) in [5, 5.41) is 0. The van der Waals surface area contributed by atoms with Crippen LogP contribution in [0.5, 0.6) is 0 Å². The molecule has 0 aliphatic heterocycles. The van der Waals surface area contributed by atoms with E-state index in [9.17, 15) is 8.42 Å². The second-order valence-corrected chi connectivity index (χ2v) is 7.45. The van der Waals surface area contributed by atoms with E-state index >= 15 is 0 Å². The number of rotatable bonds is 6. The van der Waals surface area contributed by atoms with Gasteiger partial charge in [0.05, 0.1) is 17.6 Å². The molecule has 3 N–H and O–H groups in total. The summed E-state index contributed by atoms with van der Waals surface area (Å²) >= 11 is 3.22. The van der Waals surface area contributed by atoms with Crippen molar-refractivity contribution in [3.8, 4) is 0 Å². The molecule has 1 aromatic rings. The zero-order chi connectivity index (χ0) is 14.6. The van der Waals surface area contributed by atoms with Crippen LogP contribution in [0.2, 0.25) is 0 Å². The van der Waals surface area contributed by atoms with Crippen LogP contribution < -0.4 is 10.5 Å². The fourth-order valence-corrected chi connectivity index (χ4v) is 4.38. The van der Waals surface area contributed by atoms with E-state index in [1.54, 1.807) is 12.1 Å². The van der Waals surface area contributed by atoms with Crippen LogP contribution in [0.4, 0.5) is 5.69 Å². The second kappa shape index (κ2) is 6.89. The number of anilines is 1. The predicted molar refractivity (Wildman–Crippen MR) is 82.0 cm³/mol. The lowest BCUT2D eigenvalue weighted by Crippen LogP contribution is -2.28. The normalized spacial score (nSPS) is 16.6. The molecule has 0 heterocycles. The second-order valence-electron chi connectivity index (χ2n) is 4.86. The van der Waals surface area contributed by atoms with Crippen molar-refractivity contribution in [3.63, 3.8) is 0 Å². The first-order valence-electron chi connectivity index (χ1n) is 6.65. The molecule has 1 saturated carbocycles. The predicted octanol–water partition coefficient (Wildman–Crippen LogP) is 2.27. The number of ether oxygens (including phenoxy) is 1. The van der Waals surface area contributed by atoms with E-state index in [0.717, 1.165) is 12.8 Å². The maximum Gasteiger partial charge on any atom is 0.241 e. The third kappa shape index (κ3) is 4.18. The summed E-state index contributed by atoms with van der Waals surface area (Å²) in [4.78, 5) is 0.188. The van der Waals surface area contributed by atoms with Crippen LogP contribution in [0.3, 0.4) is 0 Å². The minimum absolute atomic E-state index is 0.188. The first kappa shape index (κ1) is 15.8. The zero-order valence-corrected chi connectivity index (χ0v) is 13.5. The molecule has 0 spiro atoms. The molecule has 0 atom stereocenters. The molecule has 0 unspecified atom stereocenters. The zero-order valence-electron chi connectivity index (χ0n) is 11.1. The Balaban J connectivity index is 1.87. The van der Waals surface area contributed by atoms with Crippen LogP contribution >= 0.6 is 15.9 Å². The van der Waals surface area contributed by atoms with Gasteiger partial charge in [0.15, 0.2) is 0 Å². The van der Waals surface area contributed by atoms with E-state index in [1.807, 2.05) is 0 Å². The molecule has 1 fully saturated rings.